The van der Waals surface area contributed by atoms with Gasteiger partial charge < -0.3 is 21.0 Å². The van der Waals surface area contributed by atoms with Gasteiger partial charge in [-0.1, -0.05) is 23.4 Å². The van der Waals surface area contributed by atoms with E-state index >= 15 is 0 Å². The fourth-order valence-corrected chi connectivity index (χ4v) is 1.93. The van der Waals surface area contributed by atoms with Crippen molar-refractivity contribution in [3.05, 3.63) is 54.6 Å². The molecular formula is C16H19N3O2. The summed E-state index contributed by atoms with van der Waals surface area (Å²) in [6.07, 6.45) is 0.471. The number of nitrogens with zero attached hydrogens (tertiary/aromatic N) is 1. The van der Waals surface area contributed by atoms with Gasteiger partial charge in [0.1, 0.15) is 17.3 Å². The van der Waals surface area contributed by atoms with Crippen molar-refractivity contribution in [3.63, 3.8) is 0 Å². The van der Waals surface area contributed by atoms with Gasteiger partial charge in [0.2, 0.25) is 0 Å². The molecule has 5 nitrogen and oxygen atoms in total. The second-order valence-electron chi connectivity index (χ2n) is 4.78. The maximum atomic E-state index is 8.54. The summed E-state index contributed by atoms with van der Waals surface area (Å²) in [6, 6.07) is 17.3. The highest BCUT2D eigenvalue weighted by Gasteiger charge is 2.05. The monoisotopic (exact) mass is 285 g/mol. The third kappa shape index (κ3) is 4.72. The summed E-state index contributed by atoms with van der Waals surface area (Å²) >= 11 is 0. The number of ether oxygens (including phenoxy) is 1. The summed E-state index contributed by atoms with van der Waals surface area (Å²) in [6.45, 7) is 1.96. The number of rotatable bonds is 6. The molecule has 21 heavy (non-hydrogen) atoms. The van der Waals surface area contributed by atoms with E-state index in [1.54, 1.807) is 0 Å². The Morgan fingerprint density at radius 1 is 1.14 bits per heavy atom. The smallest absolute Gasteiger partial charge is 0.141 e. The molecule has 0 aliphatic heterocycles. The number of para-hydroxylation sites is 1. The van der Waals surface area contributed by atoms with E-state index in [0.717, 1.165) is 17.2 Å². The van der Waals surface area contributed by atoms with Gasteiger partial charge in [-0.2, -0.15) is 0 Å². The quantitative estimate of drug-likeness (QED) is 0.329. The van der Waals surface area contributed by atoms with Gasteiger partial charge in [-0.05, 0) is 43.3 Å². The van der Waals surface area contributed by atoms with Crippen molar-refractivity contribution in [3.8, 4) is 11.5 Å². The minimum absolute atomic E-state index is 0.0711. The van der Waals surface area contributed by atoms with Crippen LogP contribution in [0.1, 0.15) is 13.3 Å². The maximum absolute atomic E-state index is 8.54. The van der Waals surface area contributed by atoms with Crippen LogP contribution in [0.3, 0.4) is 0 Å². The molecule has 0 aromatic heterocycles. The van der Waals surface area contributed by atoms with Crippen molar-refractivity contribution in [2.45, 2.75) is 19.4 Å². The Morgan fingerprint density at radius 3 is 2.38 bits per heavy atom. The molecule has 0 spiro atoms. The maximum Gasteiger partial charge on any atom is 0.141 e. The van der Waals surface area contributed by atoms with Gasteiger partial charge in [0.15, 0.2) is 0 Å². The molecule has 0 heterocycles. The highest BCUT2D eigenvalue weighted by atomic mass is 16.5. The van der Waals surface area contributed by atoms with Crippen molar-refractivity contribution < 1.29 is 9.94 Å². The summed E-state index contributed by atoms with van der Waals surface area (Å²) in [5.74, 6) is 1.79. The predicted octanol–water partition coefficient (Wildman–Crippen LogP) is 3.42. The molecule has 0 saturated heterocycles. The normalized spacial score (nSPS) is 12.7. The first kappa shape index (κ1) is 14.7. The van der Waals surface area contributed by atoms with E-state index in [0.29, 0.717) is 6.42 Å². The lowest BCUT2D eigenvalue weighted by Crippen LogP contribution is -2.24. The minimum atomic E-state index is 0.0711. The third-order valence-electron chi connectivity index (χ3n) is 2.89. The molecule has 2 aromatic carbocycles. The summed E-state index contributed by atoms with van der Waals surface area (Å²) in [5, 5.41) is 14.8. The second kappa shape index (κ2) is 7.19. The van der Waals surface area contributed by atoms with Gasteiger partial charge in [0, 0.05) is 18.2 Å². The van der Waals surface area contributed by atoms with E-state index in [1.165, 1.54) is 0 Å². The lowest BCUT2D eigenvalue weighted by Gasteiger charge is -2.14. The lowest BCUT2D eigenvalue weighted by atomic mass is 10.2. The molecule has 1 atom stereocenters. The molecule has 0 radical (unpaired) electrons. The fraction of sp³-hybridized carbons (Fsp3) is 0.188. The van der Waals surface area contributed by atoms with Crippen LogP contribution in [-0.4, -0.2) is 17.1 Å². The Balaban J connectivity index is 1.93. The van der Waals surface area contributed by atoms with Crippen LogP contribution in [0.5, 0.6) is 11.5 Å². The van der Waals surface area contributed by atoms with E-state index < -0.39 is 0 Å². The van der Waals surface area contributed by atoms with Crippen LogP contribution in [0.4, 0.5) is 5.69 Å². The van der Waals surface area contributed by atoms with E-state index in [2.05, 4.69) is 10.5 Å². The highest BCUT2D eigenvalue weighted by Crippen LogP contribution is 2.22. The molecule has 4 N–H and O–H groups in total. The zero-order valence-corrected chi connectivity index (χ0v) is 11.9. The summed E-state index contributed by atoms with van der Waals surface area (Å²) in [7, 11) is 0. The van der Waals surface area contributed by atoms with Crippen LogP contribution in [0, 0.1) is 0 Å². The second-order valence-corrected chi connectivity index (χ2v) is 4.78. The zero-order valence-electron chi connectivity index (χ0n) is 11.9. The molecular weight excluding hydrogens is 266 g/mol. The Labute approximate surface area is 124 Å². The summed E-state index contributed by atoms with van der Waals surface area (Å²) < 4.78 is 5.72. The van der Waals surface area contributed by atoms with Gasteiger partial charge in [0.05, 0.1) is 0 Å². The molecule has 0 aliphatic rings. The largest absolute Gasteiger partial charge is 0.457 e. The summed E-state index contributed by atoms with van der Waals surface area (Å²) in [5.41, 5.74) is 6.43. The van der Waals surface area contributed by atoms with Crippen LogP contribution < -0.4 is 15.8 Å². The van der Waals surface area contributed by atoms with Crippen molar-refractivity contribution >= 4 is 11.5 Å². The molecule has 2 rings (SSSR count). The predicted molar refractivity (Wildman–Crippen MR) is 84.1 cm³/mol. The Bertz CT molecular complexity index is 582. The number of benzene rings is 2. The summed E-state index contributed by atoms with van der Waals surface area (Å²) in [4.78, 5) is 0. The number of hydrogen-bond donors (Lipinski definition) is 3. The van der Waals surface area contributed by atoms with Gasteiger partial charge >= 0.3 is 0 Å². The van der Waals surface area contributed by atoms with Crippen LogP contribution in [-0.2, 0) is 0 Å². The van der Waals surface area contributed by atoms with Crippen molar-refractivity contribution in [2.75, 3.05) is 5.32 Å². The minimum Gasteiger partial charge on any atom is -0.457 e. The Morgan fingerprint density at radius 2 is 1.76 bits per heavy atom. The Hall–Kier alpha value is -2.69. The number of nitrogens with one attached hydrogen (secondary N) is 1. The van der Waals surface area contributed by atoms with Crippen molar-refractivity contribution in [1.82, 2.24) is 0 Å². The van der Waals surface area contributed by atoms with Crippen molar-refractivity contribution in [2.24, 2.45) is 10.9 Å². The number of amidine groups is 1. The van der Waals surface area contributed by atoms with E-state index in [-0.39, 0.29) is 11.9 Å². The SMILES string of the molecule is CC(CC(N)=NO)Nc1ccc(Oc2ccccc2)cc1. The molecule has 0 aliphatic carbocycles. The molecule has 110 valence electrons. The third-order valence-corrected chi connectivity index (χ3v) is 2.89. The first-order valence-electron chi connectivity index (χ1n) is 6.73. The number of anilines is 1. The first-order valence-corrected chi connectivity index (χ1v) is 6.73. The molecule has 0 fully saturated rings. The number of oxime groups is 1. The molecule has 5 heteroatoms. The first-order chi connectivity index (χ1) is 10.2. The molecule has 1 unspecified atom stereocenters. The van der Waals surface area contributed by atoms with Gasteiger partial charge in [-0.3, -0.25) is 0 Å². The van der Waals surface area contributed by atoms with E-state index in [4.69, 9.17) is 15.7 Å². The zero-order chi connectivity index (χ0) is 15.1. The molecule has 0 saturated carbocycles. The molecule has 2 aromatic rings. The number of hydrogen-bond acceptors (Lipinski definition) is 4. The average molecular weight is 285 g/mol. The van der Waals surface area contributed by atoms with Gasteiger partial charge in [0.25, 0.3) is 0 Å². The molecule has 0 bridgehead atoms. The van der Waals surface area contributed by atoms with Gasteiger partial charge in [-0.15, -0.1) is 0 Å². The standard InChI is InChI=1S/C16H19N3O2/c1-12(11-16(17)19-20)18-13-7-9-15(10-8-13)21-14-5-3-2-4-6-14/h2-10,12,18,20H,11H2,1H3,(H2,17,19). The number of nitrogens with two attached hydrogens (primary N) is 1. The average Bonchev–Trinajstić information content (AvgIpc) is 2.50. The van der Waals surface area contributed by atoms with Crippen LogP contribution in [0.15, 0.2) is 59.8 Å². The van der Waals surface area contributed by atoms with Crippen LogP contribution in [0.25, 0.3) is 0 Å². The Kier molecular flexibility index (Phi) is 5.04. The highest BCUT2D eigenvalue weighted by molar-refractivity contribution is 5.80. The van der Waals surface area contributed by atoms with Crippen LogP contribution >= 0.6 is 0 Å². The van der Waals surface area contributed by atoms with Crippen molar-refractivity contribution in [1.29, 1.82) is 0 Å². The topological polar surface area (TPSA) is 79.9 Å². The van der Waals surface area contributed by atoms with Gasteiger partial charge in [-0.25, -0.2) is 0 Å². The van der Waals surface area contributed by atoms with E-state index in [1.807, 2.05) is 61.5 Å². The molecule has 0 amide bonds. The fourth-order valence-electron chi connectivity index (χ4n) is 1.93. The lowest BCUT2D eigenvalue weighted by molar-refractivity contribution is 0.316. The van der Waals surface area contributed by atoms with E-state index in [9.17, 15) is 0 Å². The van der Waals surface area contributed by atoms with Crippen LogP contribution in [0.2, 0.25) is 0 Å².